The molecular weight excluding hydrogens is 252 g/mol. The van der Waals surface area contributed by atoms with Crippen LogP contribution >= 0.6 is 0 Å². The Morgan fingerprint density at radius 1 is 1.05 bits per heavy atom. The predicted octanol–water partition coefficient (Wildman–Crippen LogP) is 4.18. The molecule has 0 saturated heterocycles. The van der Waals surface area contributed by atoms with Crippen molar-refractivity contribution in [1.29, 1.82) is 0 Å². The molecule has 2 rings (SSSR count). The third-order valence-electron chi connectivity index (χ3n) is 3.42. The summed E-state index contributed by atoms with van der Waals surface area (Å²) in [6.07, 6.45) is 0. The number of nitrogens with two attached hydrogens (primary N) is 1. The fourth-order valence-corrected chi connectivity index (χ4v) is 2.34. The van der Waals surface area contributed by atoms with Crippen LogP contribution in [0.3, 0.4) is 0 Å². The van der Waals surface area contributed by atoms with Gasteiger partial charge in [0.2, 0.25) is 5.88 Å². The normalized spacial score (nSPS) is 11.3. The van der Waals surface area contributed by atoms with Crippen molar-refractivity contribution in [1.82, 2.24) is 5.16 Å². The highest BCUT2D eigenvalue weighted by molar-refractivity contribution is 5.66. The highest BCUT2D eigenvalue weighted by atomic mass is 16.5. The van der Waals surface area contributed by atoms with E-state index >= 15 is 0 Å². The number of methoxy groups -OCH3 is 1. The zero-order valence-electron chi connectivity index (χ0n) is 12.7. The van der Waals surface area contributed by atoms with Crippen LogP contribution in [0, 0.1) is 0 Å². The maximum absolute atomic E-state index is 5.63. The van der Waals surface area contributed by atoms with Crippen LogP contribution < -0.4 is 10.5 Å². The Balaban J connectivity index is 2.65. The number of hydrogen-bond acceptors (Lipinski definition) is 4. The third kappa shape index (κ3) is 2.64. The van der Waals surface area contributed by atoms with E-state index in [4.69, 9.17) is 15.0 Å². The van der Waals surface area contributed by atoms with Crippen molar-refractivity contribution in [2.45, 2.75) is 39.5 Å². The van der Waals surface area contributed by atoms with Gasteiger partial charge in [0, 0.05) is 11.6 Å². The Labute approximate surface area is 119 Å². The van der Waals surface area contributed by atoms with Crippen LogP contribution in [0.15, 0.2) is 22.7 Å². The van der Waals surface area contributed by atoms with Crippen molar-refractivity contribution < 1.29 is 9.26 Å². The van der Waals surface area contributed by atoms with Crippen LogP contribution in [-0.4, -0.2) is 12.3 Å². The largest absolute Gasteiger partial charge is 0.496 e. The van der Waals surface area contributed by atoms with Gasteiger partial charge >= 0.3 is 0 Å². The van der Waals surface area contributed by atoms with Crippen molar-refractivity contribution in [2.24, 2.45) is 0 Å². The minimum Gasteiger partial charge on any atom is -0.496 e. The first-order valence-corrected chi connectivity index (χ1v) is 6.88. The SMILES string of the molecule is COc1c(C(C)C)cc(-c2cc(N)on2)cc1C(C)C. The number of hydrogen-bond donors (Lipinski definition) is 1. The molecule has 0 aliphatic carbocycles. The molecule has 0 unspecified atom stereocenters. The summed E-state index contributed by atoms with van der Waals surface area (Å²) >= 11 is 0. The van der Waals surface area contributed by atoms with Gasteiger partial charge in [0.1, 0.15) is 11.4 Å². The molecule has 0 aliphatic rings. The Kier molecular flexibility index (Phi) is 4.02. The van der Waals surface area contributed by atoms with Crippen molar-refractivity contribution in [3.63, 3.8) is 0 Å². The van der Waals surface area contributed by atoms with Crippen LogP contribution in [-0.2, 0) is 0 Å². The molecule has 0 spiro atoms. The number of anilines is 1. The maximum Gasteiger partial charge on any atom is 0.222 e. The molecule has 108 valence electrons. The van der Waals surface area contributed by atoms with Gasteiger partial charge in [-0.15, -0.1) is 0 Å². The maximum atomic E-state index is 5.63. The van der Waals surface area contributed by atoms with Gasteiger partial charge < -0.3 is 15.0 Å². The second kappa shape index (κ2) is 5.57. The number of nitrogen functional groups attached to an aromatic ring is 1. The van der Waals surface area contributed by atoms with Crippen molar-refractivity contribution >= 4 is 5.88 Å². The zero-order chi connectivity index (χ0) is 14.9. The molecule has 0 atom stereocenters. The van der Waals surface area contributed by atoms with E-state index in [1.165, 1.54) is 11.1 Å². The third-order valence-corrected chi connectivity index (χ3v) is 3.42. The number of benzene rings is 1. The monoisotopic (exact) mass is 274 g/mol. The minimum absolute atomic E-state index is 0.327. The zero-order valence-corrected chi connectivity index (χ0v) is 12.7. The molecule has 1 aromatic heterocycles. The van der Waals surface area contributed by atoms with Crippen LogP contribution in [0.25, 0.3) is 11.3 Å². The number of aromatic nitrogens is 1. The quantitative estimate of drug-likeness (QED) is 0.908. The van der Waals surface area contributed by atoms with Gasteiger partial charge in [-0.2, -0.15) is 0 Å². The molecule has 0 amide bonds. The van der Waals surface area contributed by atoms with Gasteiger partial charge in [0.25, 0.3) is 0 Å². The van der Waals surface area contributed by atoms with Crippen molar-refractivity contribution in [3.05, 3.63) is 29.3 Å². The molecule has 0 bridgehead atoms. The standard InChI is InChI=1S/C16H22N2O2/c1-9(2)12-6-11(14-8-15(17)20-18-14)7-13(10(3)4)16(12)19-5/h6-10H,17H2,1-5H3. The first-order valence-electron chi connectivity index (χ1n) is 6.88. The Morgan fingerprint density at radius 3 is 1.95 bits per heavy atom. The average Bonchev–Trinajstić information content (AvgIpc) is 2.83. The van der Waals surface area contributed by atoms with Gasteiger partial charge in [-0.25, -0.2) is 0 Å². The first kappa shape index (κ1) is 14.4. The summed E-state index contributed by atoms with van der Waals surface area (Å²) in [4.78, 5) is 0. The lowest BCUT2D eigenvalue weighted by Gasteiger charge is -2.19. The number of ether oxygens (including phenoxy) is 1. The molecule has 0 fully saturated rings. The summed E-state index contributed by atoms with van der Waals surface area (Å²) in [7, 11) is 1.72. The predicted molar refractivity (Wildman–Crippen MR) is 81.1 cm³/mol. The summed E-state index contributed by atoms with van der Waals surface area (Å²) in [5.74, 6) is 2.03. The average molecular weight is 274 g/mol. The summed E-state index contributed by atoms with van der Waals surface area (Å²) < 4.78 is 10.6. The molecule has 2 aromatic rings. The Bertz CT molecular complexity index is 571. The highest BCUT2D eigenvalue weighted by Crippen LogP contribution is 2.38. The topological polar surface area (TPSA) is 61.3 Å². The minimum atomic E-state index is 0.327. The summed E-state index contributed by atoms with van der Waals surface area (Å²) in [6, 6.07) is 5.95. The van der Waals surface area contributed by atoms with Gasteiger partial charge in [0.05, 0.1) is 7.11 Å². The van der Waals surface area contributed by atoms with E-state index in [9.17, 15) is 0 Å². The van der Waals surface area contributed by atoms with Crippen molar-refractivity contribution in [2.75, 3.05) is 12.8 Å². The lowest BCUT2D eigenvalue weighted by Crippen LogP contribution is -2.02. The van der Waals surface area contributed by atoms with Gasteiger partial charge in [-0.05, 0) is 35.1 Å². The van der Waals surface area contributed by atoms with Crippen molar-refractivity contribution in [3.8, 4) is 17.0 Å². The van der Waals surface area contributed by atoms with Crippen LogP contribution in [0.2, 0.25) is 0 Å². The first-order chi connectivity index (χ1) is 9.43. The summed E-state index contributed by atoms with van der Waals surface area (Å²) in [5, 5.41) is 4.00. The second-order valence-electron chi connectivity index (χ2n) is 5.61. The van der Waals surface area contributed by atoms with E-state index < -0.39 is 0 Å². The number of nitrogens with zero attached hydrogens (tertiary/aromatic N) is 1. The fourth-order valence-electron chi connectivity index (χ4n) is 2.34. The van der Waals surface area contributed by atoms with E-state index in [0.29, 0.717) is 17.7 Å². The van der Waals surface area contributed by atoms with Gasteiger partial charge in [-0.1, -0.05) is 32.9 Å². The molecule has 20 heavy (non-hydrogen) atoms. The van der Waals surface area contributed by atoms with Gasteiger partial charge in [-0.3, -0.25) is 0 Å². The molecule has 0 radical (unpaired) electrons. The molecule has 1 aromatic carbocycles. The highest BCUT2D eigenvalue weighted by Gasteiger charge is 2.18. The Morgan fingerprint density at radius 2 is 1.60 bits per heavy atom. The molecule has 4 heteroatoms. The Hall–Kier alpha value is -1.97. The second-order valence-corrected chi connectivity index (χ2v) is 5.61. The molecule has 0 saturated carbocycles. The molecular formula is C16H22N2O2. The van der Waals surface area contributed by atoms with Gasteiger partial charge in [0.15, 0.2) is 0 Å². The summed E-state index contributed by atoms with van der Waals surface area (Å²) in [6.45, 7) is 8.62. The number of rotatable bonds is 4. The molecule has 4 nitrogen and oxygen atoms in total. The van der Waals surface area contributed by atoms with E-state index in [1.807, 2.05) is 0 Å². The van der Waals surface area contributed by atoms with Crippen LogP contribution in [0.1, 0.15) is 50.7 Å². The molecule has 1 heterocycles. The van der Waals surface area contributed by atoms with E-state index in [2.05, 4.69) is 45.0 Å². The lowest BCUT2D eigenvalue weighted by atomic mass is 9.90. The van der Waals surface area contributed by atoms with E-state index in [1.54, 1.807) is 13.2 Å². The smallest absolute Gasteiger partial charge is 0.222 e. The van der Waals surface area contributed by atoms with E-state index in [0.717, 1.165) is 17.0 Å². The lowest BCUT2D eigenvalue weighted by molar-refractivity contribution is 0.400. The summed E-state index contributed by atoms with van der Waals surface area (Å²) in [5.41, 5.74) is 9.74. The van der Waals surface area contributed by atoms with Crippen LogP contribution in [0.4, 0.5) is 5.88 Å². The van der Waals surface area contributed by atoms with E-state index in [-0.39, 0.29) is 0 Å². The fraction of sp³-hybridized carbons (Fsp3) is 0.438. The molecule has 0 aliphatic heterocycles. The van der Waals surface area contributed by atoms with Crippen LogP contribution in [0.5, 0.6) is 5.75 Å². The molecule has 2 N–H and O–H groups in total.